The van der Waals surface area contributed by atoms with Gasteiger partial charge in [-0.15, -0.1) is 0 Å². The largest absolute Gasteiger partial charge is 0.480 e. The van der Waals surface area contributed by atoms with Crippen molar-refractivity contribution in [1.29, 1.82) is 0 Å². The van der Waals surface area contributed by atoms with Gasteiger partial charge in [0.1, 0.15) is 5.75 Å². The summed E-state index contributed by atoms with van der Waals surface area (Å²) < 4.78 is 5.72. The van der Waals surface area contributed by atoms with E-state index in [1.807, 2.05) is 19.9 Å². The molecule has 1 aliphatic rings. The average Bonchev–Trinajstić information content (AvgIpc) is 2.11. The molecule has 1 aromatic carbocycles. The molecule has 0 aliphatic carbocycles. The molecule has 0 spiro atoms. The maximum atomic E-state index is 11.7. The van der Waals surface area contributed by atoms with Gasteiger partial charge in [-0.3, -0.25) is 4.79 Å². The van der Waals surface area contributed by atoms with Crippen LogP contribution in [0.1, 0.15) is 30.5 Å². The summed E-state index contributed by atoms with van der Waals surface area (Å²) >= 11 is 0. The zero-order valence-corrected chi connectivity index (χ0v) is 9.68. The van der Waals surface area contributed by atoms with Crippen molar-refractivity contribution in [3.05, 3.63) is 28.8 Å². The van der Waals surface area contributed by atoms with Gasteiger partial charge >= 0.3 is 0 Å². The molecular formula is C13H16O2. The van der Waals surface area contributed by atoms with E-state index in [2.05, 4.69) is 19.9 Å². The number of benzene rings is 1. The van der Waals surface area contributed by atoms with Crippen LogP contribution in [0.3, 0.4) is 0 Å². The van der Waals surface area contributed by atoms with Gasteiger partial charge in [-0.2, -0.15) is 0 Å². The van der Waals surface area contributed by atoms with Crippen LogP contribution in [0.5, 0.6) is 5.75 Å². The molecule has 2 heteroatoms. The van der Waals surface area contributed by atoms with Crippen molar-refractivity contribution >= 4 is 5.78 Å². The zero-order valence-electron chi connectivity index (χ0n) is 9.68. The van der Waals surface area contributed by atoms with Gasteiger partial charge in [0.25, 0.3) is 0 Å². The highest BCUT2D eigenvalue weighted by Gasteiger charge is 2.35. The average molecular weight is 204 g/mol. The summed E-state index contributed by atoms with van der Waals surface area (Å²) in [5.41, 5.74) is 2.76. The third-order valence-corrected chi connectivity index (χ3v) is 3.06. The zero-order chi connectivity index (χ0) is 11.2. The van der Waals surface area contributed by atoms with Gasteiger partial charge < -0.3 is 4.74 Å². The fourth-order valence-corrected chi connectivity index (χ4v) is 1.80. The van der Waals surface area contributed by atoms with Gasteiger partial charge in [0.15, 0.2) is 11.4 Å². The van der Waals surface area contributed by atoms with E-state index in [0.29, 0.717) is 6.42 Å². The number of carbonyl (C=O) groups excluding carboxylic acids is 1. The number of aryl methyl sites for hydroxylation is 2. The minimum absolute atomic E-state index is 0.151. The molecule has 0 bridgehead atoms. The first-order valence-electron chi connectivity index (χ1n) is 5.22. The van der Waals surface area contributed by atoms with Gasteiger partial charge in [0.05, 0.1) is 0 Å². The van der Waals surface area contributed by atoms with Crippen molar-refractivity contribution < 1.29 is 9.53 Å². The Hall–Kier alpha value is -1.31. The van der Waals surface area contributed by atoms with Gasteiger partial charge in [-0.05, 0) is 44.9 Å². The summed E-state index contributed by atoms with van der Waals surface area (Å²) in [7, 11) is 0. The highest BCUT2D eigenvalue weighted by atomic mass is 16.5. The van der Waals surface area contributed by atoms with Crippen LogP contribution in [0.15, 0.2) is 12.1 Å². The summed E-state index contributed by atoms with van der Waals surface area (Å²) in [5, 5.41) is 0. The van der Waals surface area contributed by atoms with Crippen molar-refractivity contribution in [2.75, 3.05) is 0 Å². The van der Waals surface area contributed by atoms with Crippen LogP contribution in [0.4, 0.5) is 0 Å². The number of rotatable bonds is 0. The van der Waals surface area contributed by atoms with E-state index in [1.165, 1.54) is 11.1 Å². The van der Waals surface area contributed by atoms with E-state index in [1.54, 1.807) is 0 Å². The Kier molecular flexibility index (Phi) is 2.10. The van der Waals surface area contributed by atoms with E-state index in [-0.39, 0.29) is 5.78 Å². The highest BCUT2D eigenvalue weighted by molar-refractivity contribution is 5.90. The molecular weight excluding hydrogens is 188 g/mol. The number of hydrogen-bond acceptors (Lipinski definition) is 2. The third-order valence-electron chi connectivity index (χ3n) is 3.06. The molecule has 0 saturated heterocycles. The molecule has 2 rings (SSSR count). The first-order valence-corrected chi connectivity index (χ1v) is 5.22. The van der Waals surface area contributed by atoms with Crippen LogP contribution in [0.25, 0.3) is 0 Å². The number of Topliss-reactive ketones (excluding diaryl/α,β-unsaturated/α-hetero) is 1. The van der Waals surface area contributed by atoms with Gasteiger partial charge in [-0.25, -0.2) is 0 Å². The summed E-state index contributed by atoms with van der Waals surface area (Å²) in [6.45, 7) is 7.77. The van der Waals surface area contributed by atoms with Crippen molar-refractivity contribution in [3.8, 4) is 5.75 Å². The summed E-state index contributed by atoms with van der Waals surface area (Å²) in [6.07, 6.45) is 0.490. The number of ether oxygens (including phenoxy) is 1. The van der Waals surface area contributed by atoms with E-state index in [4.69, 9.17) is 4.74 Å². The molecule has 0 unspecified atom stereocenters. The Balaban J connectivity index is 2.51. The monoisotopic (exact) mass is 204 g/mol. The lowest BCUT2D eigenvalue weighted by Gasteiger charge is -2.31. The Bertz CT molecular complexity index is 430. The van der Waals surface area contributed by atoms with Crippen LogP contribution >= 0.6 is 0 Å². The topological polar surface area (TPSA) is 26.3 Å². The van der Waals surface area contributed by atoms with Crippen molar-refractivity contribution in [2.24, 2.45) is 0 Å². The molecule has 0 fully saturated rings. The van der Waals surface area contributed by atoms with Crippen molar-refractivity contribution in [2.45, 2.75) is 39.7 Å². The molecule has 0 saturated carbocycles. The highest BCUT2D eigenvalue weighted by Crippen LogP contribution is 2.32. The Morgan fingerprint density at radius 1 is 1.20 bits per heavy atom. The second-order valence-electron chi connectivity index (χ2n) is 4.76. The predicted molar refractivity (Wildman–Crippen MR) is 59.3 cm³/mol. The van der Waals surface area contributed by atoms with Gasteiger partial charge in [0, 0.05) is 12.0 Å². The smallest absolute Gasteiger partial charge is 0.180 e. The Morgan fingerprint density at radius 2 is 1.80 bits per heavy atom. The lowest BCUT2D eigenvalue weighted by atomic mass is 9.91. The number of carbonyl (C=O) groups is 1. The van der Waals surface area contributed by atoms with E-state index < -0.39 is 5.60 Å². The maximum absolute atomic E-state index is 11.7. The second kappa shape index (κ2) is 3.09. The minimum Gasteiger partial charge on any atom is -0.480 e. The molecule has 0 amide bonds. The molecule has 0 radical (unpaired) electrons. The Labute approximate surface area is 90.3 Å². The number of ketones is 1. The number of hydrogen-bond donors (Lipinski definition) is 0. The quantitative estimate of drug-likeness (QED) is 0.649. The molecule has 0 aromatic heterocycles. The predicted octanol–water partition coefficient (Wildman–Crippen LogP) is 2.59. The third kappa shape index (κ3) is 1.65. The van der Waals surface area contributed by atoms with Crippen molar-refractivity contribution in [3.63, 3.8) is 0 Å². The molecule has 0 atom stereocenters. The first kappa shape index (κ1) is 10.2. The summed E-state index contributed by atoms with van der Waals surface area (Å²) in [6, 6.07) is 4.08. The minimum atomic E-state index is -0.672. The fourth-order valence-electron chi connectivity index (χ4n) is 1.80. The molecule has 1 heterocycles. The lowest BCUT2D eigenvalue weighted by Crippen LogP contribution is -2.42. The normalized spacial score (nSPS) is 18.3. The van der Waals surface area contributed by atoms with Crippen LogP contribution in [0, 0.1) is 13.8 Å². The summed E-state index contributed by atoms with van der Waals surface area (Å²) in [5.74, 6) is 1.01. The summed E-state index contributed by atoms with van der Waals surface area (Å²) in [4.78, 5) is 11.7. The van der Waals surface area contributed by atoms with Crippen LogP contribution in [-0.2, 0) is 11.2 Å². The lowest BCUT2D eigenvalue weighted by molar-refractivity contribution is -0.132. The molecule has 15 heavy (non-hydrogen) atoms. The maximum Gasteiger partial charge on any atom is 0.180 e. The Morgan fingerprint density at radius 3 is 2.47 bits per heavy atom. The standard InChI is InChI=1S/C13H16O2/c1-8-5-10-7-12(14)13(3,4)15-11(10)6-9(8)2/h5-6H,7H2,1-4H3. The fraction of sp³-hybridized carbons (Fsp3) is 0.462. The molecule has 0 N–H and O–H groups in total. The number of fused-ring (bicyclic) bond motifs is 1. The molecule has 1 aromatic rings. The van der Waals surface area contributed by atoms with Crippen LogP contribution in [0.2, 0.25) is 0 Å². The van der Waals surface area contributed by atoms with E-state index >= 15 is 0 Å². The van der Waals surface area contributed by atoms with Crippen LogP contribution < -0.4 is 4.74 Å². The molecule has 80 valence electrons. The van der Waals surface area contributed by atoms with Gasteiger partial charge in [-0.1, -0.05) is 6.07 Å². The second-order valence-corrected chi connectivity index (χ2v) is 4.76. The van der Waals surface area contributed by atoms with Crippen LogP contribution in [-0.4, -0.2) is 11.4 Å². The first-order chi connectivity index (χ1) is 6.90. The van der Waals surface area contributed by atoms with Gasteiger partial charge in [0.2, 0.25) is 0 Å². The van der Waals surface area contributed by atoms with E-state index in [0.717, 1.165) is 11.3 Å². The van der Waals surface area contributed by atoms with Crippen molar-refractivity contribution in [1.82, 2.24) is 0 Å². The SMILES string of the molecule is Cc1cc2c(cc1C)OC(C)(C)C(=O)C2. The molecule has 1 aliphatic heterocycles. The molecule has 2 nitrogen and oxygen atoms in total. The van der Waals surface area contributed by atoms with E-state index in [9.17, 15) is 4.79 Å².